The number of benzene rings is 9. The highest BCUT2D eigenvalue weighted by molar-refractivity contribution is 7.26. The molecular weight excluding hydrogens is 721 g/mol. The average molecular weight is 755 g/mol. The lowest BCUT2D eigenvalue weighted by Gasteiger charge is -2.32. The molecule has 0 amide bonds. The maximum absolute atomic E-state index is 3.76. The molecule has 2 aromatic heterocycles. The van der Waals surface area contributed by atoms with Crippen molar-refractivity contribution < 1.29 is 0 Å². The van der Waals surface area contributed by atoms with Crippen molar-refractivity contribution in [3.63, 3.8) is 0 Å². The Kier molecular flexibility index (Phi) is 6.56. The molecule has 0 radical (unpaired) electrons. The van der Waals surface area contributed by atoms with E-state index in [-0.39, 0.29) is 0 Å². The fraction of sp³-hybridized carbons (Fsp3) is 0.0182. The van der Waals surface area contributed by atoms with Gasteiger partial charge in [-0.3, -0.25) is 0 Å². The van der Waals surface area contributed by atoms with E-state index >= 15 is 0 Å². The minimum atomic E-state index is -0.420. The summed E-state index contributed by atoms with van der Waals surface area (Å²) in [5.41, 5.74) is 18.4. The van der Waals surface area contributed by atoms with Crippen LogP contribution in [0.15, 0.2) is 200 Å². The lowest BCUT2D eigenvalue weighted by atomic mass is 9.70. The summed E-state index contributed by atoms with van der Waals surface area (Å²) >= 11 is 1.88. The van der Waals surface area contributed by atoms with Crippen LogP contribution < -0.4 is 4.90 Å². The van der Waals surface area contributed by atoms with Gasteiger partial charge in [0, 0.05) is 48.8 Å². The van der Waals surface area contributed by atoms with Crippen LogP contribution in [0.5, 0.6) is 0 Å². The van der Waals surface area contributed by atoms with Crippen LogP contribution in [0.2, 0.25) is 0 Å². The molecule has 2 aliphatic rings. The van der Waals surface area contributed by atoms with E-state index < -0.39 is 5.41 Å². The minimum Gasteiger partial charge on any atom is -0.353 e. The zero-order chi connectivity index (χ0) is 38.0. The molecule has 270 valence electrons. The number of nitrogens with zero attached hydrogens (tertiary/aromatic N) is 1. The lowest BCUT2D eigenvalue weighted by Crippen LogP contribution is -2.26. The molecule has 2 aliphatic carbocycles. The van der Waals surface area contributed by atoms with Crippen LogP contribution >= 0.6 is 11.3 Å². The molecule has 2 nitrogen and oxygen atoms in total. The van der Waals surface area contributed by atoms with Gasteiger partial charge in [0.05, 0.1) is 15.6 Å². The molecule has 0 fully saturated rings. The van der Waals surface area contributed by atoms with Crippen LogP contribution in [0, 0.1) is 0 Å². The van der Waals surface area contributed by atoms with Crippen LogP contribution in [0.25, 0.3) is 75.4 Å². The summed E-state index contributed by atoms with van der Waals surface area (Å²) in [6, 6.07) is 74.4. The number of hydrogen-bond donors (Lipinski definition) is 1. The first kappa shape index (κ1) is 31.9. The second-order valence-electron chi connectivity index (χ2n) is 15.7. The van der Waals surface area contributed by atoms with Gasteiger partial charge in [0.15, 0.2) is 0 Å². The first-order valence-corrected chi connectivity index (χ1v) is 20.8. The van der Waals surface area contributed by atoms with Crippen molar-refractivity contribution in [2.24, 2.45) is 0 Å². The number of hydrogen-bond acceptors (Lipinski definition) is 2. The summed E-state index contributed by atoms with van der Waals surface area (Å²) in [6.07, 6.45) is 0. The maximum Gasteiger partial charge on any atom is 0.0726 e. The fourth-order valence-electron chi connectivity index (χ4n) is 10.4. The molecule has 2 heterocycles. The average Bonchev–Trinajstić information content (AvgIpc) is 4.02. The third-order valence-corrected chi connectivity index (χ3v) is 14.0. The Morgan fingerprint density at radius 1 is 0.379 bits per heavy atom. The fourth-order valence-corrected chi connectivity index (χ4v) is 11.6. The standard InChI is InChI=1S/C55H34N2S/c1-2-12-34(13-3-1)35-22-24-36(25-23-35)57(37-27-31-52-46(32-37)45-30-29-44-43-17-7-11-21-51(43)56-53(44)54(45)58-52)38-26-28-42-41-16-6-10-20-49(41)55(50(42)33-38)47-18-8-4-14-39(47)40-15-5-9-19-48(40)55/h1-33,56H. The number of aromatic nitrogens is 1. The summed E-state index contributed by atoms with van der Waals surface area (Å²) in [7, 11) is 0. The quantitative estimate of drug-likeness (QED) is 0.190. The van der Waals surface area contributed by atoms with Crippen molar-refractivity contribution in [3.8, 4) is 33.4 Å². The van der Waals surface area contributed by atoms with Crippen LogP contribution in [0.3, 0.4) is 0 Å². The van der Waals surface area contributed by atoms with E-state index in [0.29, 0.717) is 0 Å². The number of nitrogens with one attached hydrogen (secondary N) is 1. The predicted molar refractivity (Wildman–Crippen MR) is 245 cm³/mol. The molecule has 9 aromatic carbocycles. The van der Waals surface area contributed by atoms with Gasteiger partial charge in [0.25, 0.3) is 0 Å². The number of H-pyrrole nitrogens is 1. The normalized spacial score (nSPS) is 13.3. The molecule has 1 N–H and O–H groups in total. The van der Waals surface area contributed by atoms with Gasteiger partial charge in [0.1, 0.15) is 0 Å². The molecule has 0 saturated carbocycles. The van der Waals surface area contributed by atoms with Crippen LogP contribution in [-0.4, -0.2) is 4.98 Å². The SMILES string of the molecule is c1ccc(-c2ccc(N(c3ccc4c(c3)C3(c5ccccc5-c5ccccc53)c3ccccc3-4)c3ccc4sc5c(ccc6c7ccccc7[nH]c65)c4c3)cc2)cc1. The Balaban J connectivity index is 1.05. The number of thiophene rings is 1. The van der Waals surface area contributed by atoms with Crippen LogP contribution in [0.4, 0.5) is 17.1 Å². The molecule has 0 bridgehead atoms. The highest BCUT2D eigenvalue weighted by atomic mass is 32.1. The van der Waals surface area contributed by atoms with Gasteiger partial charge in [-0.1, -0.05) is 152 Å². The van der Waals surface area contributed by atoms with Gasteiger partial charge in [-0.25, -0.2) is 0 Å². The predicted octanol–water partition coefficient (Wildman–Crippen LogP) is 15.2. The largest absolute Gasteiger partial charge is 0.353 e. The van der Waals surface area contributed by atoms with Gasteiger partial charge in [-0.15, -0.1) is 11.3 Å². The van der Waals surface area contributed by atoms with Gasteiger partial charge in [-0.05, 0) is 104 Å². The van der Waals surface area contributed by atoms with E-state index in [0.717, 1.165) is 17.1 Å². The first-order chi connectivity index (χ1) is 28.8. The van der Waals surface area contributed by atoms with Crippen LogP contribution in [-0.2, 0) is 5.41 Å². The Morgan fingerprint density at radius 3 is 1.66 bits per heavy atom. The number of para-hydroxylation sites is 1. The van der Waals surface area contributed by atoms with Crippen molar-refractivity contribution in [2.75, 3.05) is 4.90 Å². The van der Waals surface area contributed by atoms with Gasteiger partial charge in [0.2, 0.25) is 0 Å². The number of anilines is 3. The highest BCUT2D eigenvalue weighted by Crippen LogP contribution is 2.63. The van der Waals surface area contributed by atoms with Crippen LogP contribution in [0.1, 0.15) is 22.3 Å². The highest BCUT2D eigenvalue weighted by Gasteiger charge is 2.51. The van der Waals surface area contributed by atoms with Gasteiger partial charge < -0.3 is 9.88 Å². The van der Waals surface area contributed by atoms with E-state index in [1.165, 1.54) is 97.6 Å². The Labute approximate surface area is 339 Å². The molecule has 3 heteroatoms. The third kappa shape index (κ3) is 4.26. The van der Waals surface area contributed by atoms with Gasteiger partial charge in [-0.2, -0.15) is 0 Å². The summed E-state index contributed by atoms with van der Waals surface area (Å²) in [6.45, 7) is 0. The van der Waals surface area contributed by atoms with Crippen molar-refractivity contribution >= 4 is 70.4 Å². The molecule has 0 atom stereocenters. The van der Waals surface area contributed by atoms with Crippen molar-refractivity contribution in [2.45, 2.75) is 5.41 Å². The molecule has 58 heavy (non-hydrogen) atoms. The number of rotatable bonds is 4. The van der Waals surface area contributed by atoms with E-state index in [9.17, 15) is 0 Å². The summed E-state index contributed by atoms with van der Waals surface area (Å²) < 4.78 is 2.59. The van der Waals surface area contributed by atoms with Crippen molar-refractivity contribution in [1.29, 1.82) is 0 Å². The number of fused-ring (bicyclic) bond motifs is 17. The second kappa shape index (κ2) is 11.9. The molecule has 13 rings (SSSR count). The molecule has 11 aromatic rings. The summed E-state index contributed by atoms with van der Waals surface area (Å²) in [5, 5.41) is 5.10. The van der Waals surface area contributed by atoms with E-state index in [2.05, 4.69) is 210 Å². The van der Waals surface area contributed by atoms with Crippen molar-refractivity contribution in [3.05, 3.63) is 222 Å². The monoisotopic (exact) mass is 754 g/mol. The lowest BCUT2D eigenvalue weighted by molar-refractivity contribution is 0.793. The van der Waals surface area contributed by atoms with Crippen molar-refractivity contribution in [1.82, 2.24) is 4.98 Å². The molecule has 0 saturated heterocycles. The molecule has 0 unspecified atom stereocenters. The molecule has 0 aliphatic heterocycles. The topological polar surface area (TPSA) is 19.0 Å². The summed E-state index contributed by atoms with van der Waals surface area (Å²) in [5.74, 6) is 0. The zero-order valence-electron chi connectivity index (χ0n) is 31.4. The van der Waals surface area contributed by atoms with E-state index in [1.54, 1.807) is 0 Å². The Morgan fingerprint density at radius 2 is 0.931 bits per heavy atom. The van der Waals surface area contributed by atoms with Gasteiger partial charge >= 0.3 is 0 Å². The smallest absolute Gasteiger partial charge is 0.0726 e. The number of aromatic amines is 1. The molecular formula is C55H34N2S. The molecule has 1 spiro atoms. The van der Waals surface area contributed by atoms with E-state index in [4.69, 9.17) is 0 Å². The maximum atomic E-state index is 3.76. The Hall–Kier alpha value is -7.20. The van der Waals surface area contributed by atoms with E-state index in [1.807, 2.05) is 11.3 Å². The third-order valence-electron chi connectivity index (χ3n) is 12.8. The first-order valence-electron chi connectivity index (χ1n) is 20.0. The summed E-state index contributed by atoms with van der Waals surface area (Å²) in [4.78, 5) is 6.22. The minimum absolute atomic E-state index is 0.420. The Bertz CT molecular complexity index is 3400. The zero-order valence-corrected chi connectivity index (χ0v) is 32.2. The second-order valence-corrected chi connectivity index (χ2v) is 16.7.